The molecule has 1 aromatic heterocycles. The maximum Gasteiger partial charge on any atom is 0.150 e. The van der Waals surface area contributed by atoms with E-state index in [9.17, 15) is 0 Å². The first-order valence-electron chi connectivity index (χ1n) is 5.88. The van der Waals surface area contributed by atoms with E-state index in [4.69, 9.17) is 0 Å². The van der Waals surface area contributed by atoms with Gasteiger partial charge in [-0.2, -0.15) is 0 Å². The van der Waals surface area contributed by atoms with Gasteiger partial charge in [0.25, 0.3) is 0 Å². The van der Waals surface area contributed by atoms with Gasteiger partial charge in [0.05, 0.1) is 4.47 Å². The Bertz CT molecular complexity index is 558. The standard InChI is InChI=1S/C13H13BrN4/c14-11-8-16-9-17-13(11)18-6-5-15-7-10-3-1-2-4-12(10)18/h1-4,8-9,15H,5-7H2. The van der Waals surface area contributed by atoms with Gasteiger partial charge in [0, 0.05) is 31.5 Å². The van der Waals surface area contributed by atoms with E-state index in [2.05, 4.69) is 60.4 Å². The number of halogens is 1. The van der Waals surface area contributed by atoms with Gasteiger partial charge in [-0.05, 0) is 27.6 Å². The van der Waals surface area contributed by atoms with Gasteiger partial charge in [-0.25, -0.2) is 9.97 Å². The predicted octanol–water partition coefficient (Wildman–Crippen LogP) is 2.48. The number of anilines is 2. The lowest BCUT2D eigenvalue weighted by Crippen LogP contribution is -2.25. The third-order valence-corrected chi connectivity index (χ3v) is 3.57. The summed E-state index contributed by atoms with van der Waals surface area (Å²) in [5, 5.41) is 3.42. The molecule has 0 saturated heterocycles. The first-order valence-corrected chi connectivity index (χ1v) is 6.67. The zero-order valence-electron chi connectivity index (χ0n) is 9.81. The van der Waals surface area contributed by atoms with E-state index >= 15 is 0 Å². The highest BCUT2D eigenvalue weighted by Gasteiger charge is 2.18. The van der Waals surface area contributed by atoms with Crippen molar-refractivity contribution in [2.45, 2.75) is 6.54 Å². The first kappa shape index (κ1) is 11.6. The molecule has 1 aromatic carbocycles. The molecule has 1 N–H and O–H groups in total. The van der Waals surface area contributed by atoms with E-state index in [1.807, 2.05) is 0 Å². The Labute approximate surface area is 114 Å². The lowest BCUT2D eigenvalue weighted by molar-refractivity contribution is 0.710. The minimum atomic E-state index is 0.895. The fourth-order valence-electron chi connectivity index (χ4n) is 2.18. The third kappa shape index (κ3) is 2.11. The largest absolute Gasteiger partial charge is 0.324 e. The second-order valence-corrected chi connectivity index (χ2v) is 5.01. The number of fused-ring (bicyclic) bond motifs is 1. The molecule has 2 aromatic rings. The molecule has 0 spiro atoms. The number of nitrogens with zero attached hydrogens (tertiary/aromatic N) is 3. The zero-order chi connectivity index (χ0) is 12.4. The maximum absolute atomic E-state index is 4.38. The van der Waals surface area contributed by atoms with Crippen LogP contribution < -0.4 is 10.2 Å². The zero-order valence-corrected chi connectivity index (χ0v) is 11.4. The monoisotopic (exact) mass is 304 g/mol. The van der Waals surface area contributed by atoms with E-state index in [-0.39, 0.29) is 0 Å². The molecule has 5 heteroatoms. The summed E-state index contributed by atoms with van der Waals surface area (Å²) in [5.74, 6) is 0.918. The van der Waals surface area contributed by atoms with Gasteiger partial charge < -0.3 is 10.2 Å². The average Bonchev–Trinajstić information content (AvgIpc) is 2.62. The summed E-state index contributed by atoms with van der Waals surface area (Å²) in [6.07, 6.45) is 3.37. The van der Waals surface area contributed by atoms with Gasteiger partial charge in [-0.15, -0.1) is 0 Å². The van der Waals surface area contributed by atoms with Crippen LogP contribution >= 0.6 is 15.9 Å². The van der Waals surface area contributed by atoms with Crippen molar-refractivity contribution in [1.29, 1.82) is 0 Å². The first-order chi connectivity index (χ1) is 8.86. The number of benzene rings is 1. The van der Waals surface area contributed by atoms with Gasteiger partial charge in [0.1, 0.15) is 6.33 Å². The molecule has 0 radical (unpaired) electrons. The smallest absolute Gasteiger partial charge is 0.150 e. The third-order valence-electron chi connectivity index (χ3n) is 3.01. The van der Waals surface area contributed by atoms with Crippen LogP contribution in [0.25, 0.3) is 0 Å². The van der Waals surface area contributed by atoms with E-state index in [1.165, 1.54) is 11.3 Å². The quantitative estimate of drug-likeness (QED) is 0.879. The Kier molecular flexibility index (Phi) is 3.25. The molecule has 3 rings (SSSR count). The van der Waals surface area contributed by atoms with Crippen LogP contribution in [-0.4, -0.2) is 23.1 Å². The van der Waals surface area contributed by atoms with Gasteiger partial charge in [-0.1, -0.05) is 18.2 Å². The minimum Gasteiger partial charge on any atom is -0.324 e. The van der Waals surface area contributed by atoms with E-state index < -0.39 is 0 Å². The van der Waals surface area contributed by atoms with Crippen molar-refractivity contribution in [2.24, 2.45) is 0 Å². The summed E-state index contributed by atoms with van der Waals surface area (Å²) in [4.78, 5) is 10.6. The Balaban J connectivity index is 2.10. The Hall–Kier alpha value is -1.46. The summed E-state index contributed by atoms with van der Waals surface area (Å²) < 4.78 is 0.918. The molecule has 2 heterocycles. The van der Waals surface area contributed by atoms with E-state index in [1.54, 1.807) is 12.5 Å². The van der Waals surface area contributed by atoms with Crippen LogP contribution in [0.4, 0.5) is 11.5 Å². The van der Waals surface area contributed by atoms with Crippen LogP contribution in [0, 0.1) is 0 Å². The summed E-state index contributed by atoms with van der Waals surface area (Å²) in [7, 11) is 0. The number of hydrogen-bond donors (Lipinski definition) is 1. The predicted molar refractivity (Wildman–Crippen MR) is 74.9 cm³/mol. The van der Waals surface area contributed by atoms with Crippen LogP contribution in [0.15, 0.2) is 41.3 Å². The van der Waals surface area contributed by atoms with Gasteiger partial charge in [-0.3, -0.25) is 0 Å². The maximum atomic E-state index is 4.38. The molecule has 18 heavy (non-hydrogen) atoms. The summed E-state index contributed by atoms with van der Waals surface area (Å²) >= 11 is 3.52. The molecule has 0 aliphatic carbocycles. The van der Waals surface area contributed by atoms with Gasteiger partial charge in [0.2, 0.25) is 0 Å². The summed E-state index contributed by atoms with van der Waals surface area (Å²) in [6, 6.07) is 8.41. The molecule has 1 aliphatic rings. The molecule has 4 nitrogen and oxygen atoms in total. The number of hydrogen-bond acceptors (Lipinski definition) is 4. The molecule has 0 bridgehead atoms. The highest BCUT2D eigenvalue weighted by molar-refractivity contribution is 9.10. The molecule has 0 fully saturated rings. The second-order valence-electron chi connectivity index (χ2n) is 4.15. The van der Waals surface area contributed by atoms with Crippen LogP contribution in [0.2, 0.25) is 0 Å². The molecular weight excluding hydrogens is 292 g/mol. The SMILES string of the molecule is Brc1cncnc1N1CCNCc2ccccc21. The number of para-hydroxylation sites is 1. The van der Waals surface area contributed by atoms with Crippen molar-refractivity contribution < 1.29 is 0 Å². The van der Waals surface area contributed by atoms with Crippen LogP contribution in [-0.2, 0) is 6.54 Å². The fourth-order valence-corrected chi connectivity index (χ4v) is 2.62. The highest BCUT2D eigenvalue weighted by atomic mass is 79.9. The lowest BCUT2D eigenvalue weighted by atomic mass is 10.1. The summed E-state index contributed by atoms with van der Waals surface area (Å²) in [6.45, 7) is 2.73. The Morgan fingerprint density at radius 3 is 3.06 bits per heavy atom. The molecule has 0 amide bonds. The minimum absolute atomic E-state index is 0.895. The van der Waals surface area contributed by atoms with Crippen molar-refractivity contribution >= 4 is 27.4 Å². The van der Waals surface area contributed by atoms with E-state index in [0.29, 0.717) is 0 Å². The molecular formula is C13H13BrN4. The molecule has 92 valence electrons. The second kappa shape index (κ2) is 5.04. The molecule has 1 aliphatic heterocycles. The van der Waals surface area contributed by atoms with Crippen molar-refractivity contribution in [2.75, 3.05) is 18.0 Å². The number of rotatable bonds is 1. The topological polar surface area (TPSA) is 41.1 Å². The summed E-state index contributed by atoms with van der Waals surface area (Å²) in [5.41, 5.74) is 2.50. The molecule has 0 saturated carbocycles. The fraction of sp³-hybridized carbons (Fsp3) is 0.231. The van der Waals surface area contributed by atoms with Crippen LogP contribution in [0.1, 0.15) is 5.56 Å². The number of aromatic nitrogens is 2. The van der Waals surface area contributed by atoms with Crippen LogP contribution in [0.5, 0.6) is 0 Å². The molecule has 0 unspecified atom stereocenters. The Morgan fingerprint density at radius 1 is 1.28 bits per heavy atom. The average molecular weight is 305 g/mol. The normalized spacial score (nSPS) is 15.1. The number of nitrogens with one attached hydrogen (secondary N) is 1. The Morgan fingerprint density at radius 2 is 2.17 bits per heavy atom. The molecule has 0 atom stereocenters. The van der Waals surface area contributed by atoms with Crippen molar-refractivity contribution in [3.8, 4) is 0 Å². The van der Waals surface area contributed by atoms with Crippen LogP contribution in [0.3, 0.4) is 0 Å². The van der Waals surface area contributed by atoms with Crippen molar-refractivity contribution in [3.05, 3.63) is 46.8 Å². The van der Waals surface area contributed by atoms with Gasteiger partial charge in [0.15, 0.2) is 5.82 Å². The van der Waals surface area contributed by atoms with Gasteiger partial charge >= 0.3 is 0 Å². The van der Waals surface area contributed by atoms with Crippen molar-refractivity contribution in [3.63, 3.8) is 0 Å². The highest BCUT2D eigenvalue weighted by Crippen LogP contribution is 2.32. The van der Waals surface area contributed by atoms with E-state index in [0.717, 1.165) is 29.9 Å². The van der Waals surface area contributed by atoms with Crippen molar-refractivity contribution in [1.82, 2.24) is 15.3 Å². The lowest BCUT2D eigenvalue weighted by Gasteiger charge is -2.24.